The number of carbonyl (C=O) groups is 1. The lowest BCUT2D eigenvalue weighted by molar-refractivity contribution is 0.0963. The van der Waals surface area contributed by atoms with Crippen LogP contribution in [-0.2, 0) is 0 Å². The molecule has 0 aromatic heterocycles. The Hall–Kier alpha value is -1.51. The van der Waals surface area contributed by atoms with E-state index in [1.807, 2.05) is 18.2 Å². The minimum absolute atomic E-state index is 0.101. The molecule has 2 aromatic rings. The van der Waals surface area contributed by atoms with Gasteiger partial charge in [-0.05, 0) is 35.4 Å². The first-order valence-electron chi connectivity index (χ1n) is 5.39. The van der Waals surface area contributed by atoms with Crippen molar-refractivity contribution in [3.63, 3.8) is 0 Å². The van der Waals surface area contributed by atoms with E-state index in [1.165, 1.54) is 0 Å². The number of amides is 1. The van der Waals surface area contributed by atoms with Crippen molar-refractivity contribution in [1.82, 2.24) is 5.32 Å². The third-order valence-corrected chi connectivity index (χ3v) is 3.37. The van der Waals surface area contributed by atoms with Crippen LogP contribution < -0.4 is 5.32 Å². The number of benzene rings is 2. The molecule has 0 aliphatic carbocycles. The Labute approximate surface area is 116 Å². The molecule has 1 N–H and O–H groups in total. The Morgan fingerprint density at radius 1 is 0.944 bits per heavy atom. The number of hydrogen-bond acceptors (Lipinski definition) is 1. The highest BCUT2D eigenvalue weighted by molar-refractivity contribution is 6.42. The first kappa shape index (κ1) is 12.9. The Kier molecular flexibility index (Phi) is 3.90. The minimum Gasteiger partial charge on any atom is -0.355 e. The van der Waals surface area contributed by atoms with Crippen molar-refractivity contribution in [2.24, 2.45) is 0 Å². The number of rotatable bonds is 2. The summed E-state index contributed by atoms with van der Waals surface area (Å²) in [5, 5.41) is 3.63. The van der Waals surface area contributed by atoms with Crippen LogP contribution in [0.5, 0.6) is 0 Å². The third kappa shape index (κ3) is 2.66. The first-order valence-corrected chi connectivity index (χ1v) is 6.15. The van der Waals surface area contributed by atoms with Crippen LogP contribution in [0.15, 0.2) is 42.5 Å². The topological polar surface area (TPSA) is 29.1 Å². The molecule has 0 atom stereocenters. The molecule has 0 spiro atoms. The molecule has 0 aliphatic heterocycles. The second-order valence-electron chi connectivity index (χ2n) is 3.79. The monoisotopic (exact) mass is 279 g/mol. The first-order chi connectivity index (χ1) is 8.61. The van der Waals surface area contributed by atoms with Crippen molar-refractivity contribution in [2.75, 3.05) is 7.05 Å². The summed E-state index contributed by atoms with van der Waals surface area (Å²) in [6.45, 7) is 0. The van der Waals surface area contributed by atoms with Gasteiger partial charge >= 0.3 is 0 Å². The second-order valence-corrected chi connectivity index (χ2v) is 4.60. The maximum atomic E-state index is 11.4. The normalized spacial score (nSPS) is 10.2. The van der Waals surface area contributed by atoms with Crippen LogP contribution in [0.1, 0.15) is 10.4 Å². The van der Waals surface area contributed by atoms with Crippen molar-refractivity contribution in [3.8, 4) is 11.1 Å². The van der Waals surface area contributed by atoms with Gasteiger partial charge in [0.05, 0.1) is 10.0 Å². The van der Waals surface area contributed by atoms with Crippen LogP contribution >= 0.6 is 23.2 Å². The van der Waals surface area contributed by atoms with Crippen LogP contribution in [0.25, 0.3) is 11.1 Å². The lowest BCUT2D eigenvalue weighted by atomic mass is 10.0. The van der Waals surface area contributed by atoms with Gasteiger partial charge in [-0.15, -0.1) is 0 Å². The largest absolute Gasteiger partial charge is 0.355 e. The number of halogens is 2. The summed E-state index contributed by atoms with van der Waals surface area (Å²) < 4.78 is 0. The molecule has 0 saturated heterocycles. The molecule has 0 aliphatic rings. The standard InChI is InChI=1S/C14H11Cl2NO/c1-17-14(18)10-4-2-9(3-5-10)11-6-7-12(15)13(16)8-11/h2-8H,1H3,(H,17,18). The Morgan fingerprint density at radius 3 is 2.11 bits per heavy atom. The average molecular weight is 280 g/mol. The molecule has 0 unspecified atom stereocenters. The summed E-state index contributed by atoms with van der Waals surface area (Å²) in [6.07, 6.45) is 0. The molecule has 4 heteroatoms. The fraction of sp³-hybridized carbons (Fsp3) is 0.0714. The van der Waals surface area contributed by atoms with E-state index in [-0.39, 0.29) is 5.91 Å². The van der Waals surface area contributed by atoms with Crippen LogP contribution in [0.4, 0.5) is 0 Å². The molecule has 2 aromatic carbocycles. The maximum absolute atomic E-state index is 11.4. The highest BCUT2D eigenvalue weighted by atomic mass is 35.5. The van der Waals surface area contributed by atoms with E-state index in [2.05, 4.69) is 5.32 Å². The van der Waals surface area contributed by atoms with Crippen molar-refractivity contribution >= 4 is 29.1 Å². The van der Waals surface area contributed by atoms with E-state index in [9.17, 15) is 4.79 Å². The molecule has 0 heterocycles. The Morgan fingerprint density at radius 2 is 1.56 bits per heavy atom. The molecule has 92 valence electrons. The summed E-state index contributed by atoms with van der Waals surface area (Å²) in [5.74, 6) is -0.101. The molecule has 2 rings (SSSR count). The average Bonchev–Trinajstić information content (AvgIpc) is 2.41. The van der Waals surface area contributed by atoms with Gasteiger partial charge in [-0.2, -0.15) is 0 Å². The summed E-state index contributed by atoms with van der Waals surface area (Å²) in [4.78, 5) is 11.4. The Balaban J connectivity index is 2.34. The summed E-state index contributed by atoms with van der Waals surface area (Å²) >= 11 is 11.8. The predicted octanol–water partition coefficient (Wildman–Crippen LogP) is 4.02. The van der Waals surface area contributed by atoms with Gasteiger partial charge in [-0.25, -0.2) is 0 Å². The third-order valence-electron chi connectivity index (χ3n) is 2.63. The van der Waals surface area contributed by atoms with Gasteiger partial charge in [0.1, 0.15) is 0 Å². The molecule has 2 nitrogen and oxygen atoms in total. The van der Waals surface area contributed by atoms with Crippen molar-refractivity contribution in [1.29, 1.82) is 0 Å². The molecule has 0 bridgehead atoms. The minimum atomic E-state index is -0.101. The summed E-state index contributed by atoms with van der Waals surface area (Å²) in [5.41, 5.74) is 2.58. The van der Waals surface area contributed by atoms with Gasteiger partial charge in [0.2, 0.25) is 0 Å². The van der Waals surface area contributed by atoms with Crippen molar-refractivity contribution in [3.05, 3.63) is 58.1 Å². The fourth-order valence-electron chi connectivity index (χ4n) is 1.63. The predicted molar refractivity (Wildman–Crippen MR) is 75.3 cm³/mol. The highest BCUT2D eigenvalue weighted by Crippen LogP contribution is 2.28. The Bertz CT molecular complexity index is 579. The van der Waals surface area contributed by atoms with Crippen molar-refractivity contribution < 1.29 is 4.79 Å². The zero-order valence-electron chi connectivity index (χ0n) is 9.71. The molecule has 18 heavy (non-hydrogen) atoms. The van der Waals surface area contributed by atoms with E-state index in [1.54, 1.807) is 31.3 Å². The lowest BCUT2D eigenvalue weighted by Crippen LogP contribution is -2.17. The zero-order valence-corrected chi connectivity index (χ0v) is 11.2. The number of nitrogens with one attached hydrogen (secondary N) is 1. The molecule has 0 radical (unpaired) electrons. The zero-order chi connectivity index (χ0) is 13.1. The molecule has 0 saturated carbocycles. The van der Waals surface area contributed by atoms with Crippen LogP contribution in [0, 0.1) is 0 Å². The second kappa shape index (κ2) is 5.42. The highest BCUT2D eigenvalue weighted by Gasteiger charge is 2.05. The lowest BCUT2D eigenvalue weighted by Gasteiger charge is -2.05. The van der Waals surface area contributed by atoms with Crippen LogP contribution in [0.3, 0.4) is 0 Å². The number of hydrogen-bond donors (Lipinski definition) is 1. The van der Waals surface area contributed by atoms with Gasteiger partial charge in [0, 0.05) is 12.6 Å². The summed E-state index contributed by atoms with van der Waals surface area (Å²) in [7, 11) is 1.61. The van der Waals surface area contributed by atoms with Gasteiger partial charge in [0.25, 0.3) is 5.91 Å². The van der Waals surface area contributed by atoms with E-state index in [4.69, 9.17) is 23.2 Å². The van der Waals surface area contributed by atoms with E-state index < -0.39 is 0 Å². The smallest absolute Gasteiger partial charge is 0.251 e. The number of carbonyl (C=O) groups excluding carboxylic acids is 1. The van der Waals surface area contributed by atoms with Crippen molar-refractivity contribution in [2.45, 2.75) is 0 Å². The van der Waals surface area contributed by atoms with Gasteiger partial charge in [0.15, 0.2) is 0 Å². The summed E-state index contributed by atoms with van der Waals surface area (Å²) in [6, 6.07) is 12.8. The fourth-order valence-corrected chi connectivity index (χ4v) is 1.93. The van der Waals surface area contributed by atoms with Gasteiger partial charge in [-0.3, -0.25) is 4.79 Å². The molecule has 1 amide bonds. The van der Waals surface area contributed by atoms with Crippen LogP contribution in [0.2, 0.25) is 10.0 Å². The van der Waals surface area contributed by atoms with Crippen LogP contribution in [-0.4, -0.2) is 13.0 Å². The maximum Gasteiger partial charge on any atom is 0.251 e. The van der Waals surface area contributed by atoms with E-state index >= 15 is 0 Å². The van der Waals surface area contributed by atoms with Gasteiger partial charge in [-0.1, -0.05) is 41.4 Å². The van der Waals surface area contributed by atoms with E-state index in [0.717, 1.165) is 11.1 Å². The quantitative estimate of drug-likeness (QED) is 0.884. The molecular weight excluding hydrogens is 269 g/mol. The molecule has 0 fully saturated rings. The molecular formula is C14H11Cl2NO. The SMILES string of the molecule is CNC(=O)c1ccc(-c2ccc(Cl)c(Cl)c2)cc1. The van der Waals surface area contributed by atoms with E-state index in [0.29, 0.717) is 15.6 Å². The van der Waals surface area contributed by atoms with Gasteiger partial charge < -0.3 is 5.32 Å².